The van der Waals surface area contributed by atoms with Crippen LogP contribution in [0.3, 0.4) is 0 Å². The number of hydrogen-bond acceptors (Lipinski definition) is 3. The molecule has 0 spiro atoms. The highest BCUT2D eigenvalue weighted by atomic mass is 15.4. The summed E-state index contributed by atoms with van der Waals surface area (Å²) >= 11 is 0. The SMILES string of the molecule is Cc1cc(N(C)C)cc(C)c1N1C=C2C=CC=C(c3c(C(C)C)cc(C(C)C)cc3C(C)C)N2C1. The van der Waals surface area contributed by atoms with Gasteiger partial charge in [-0.25, -0.2) is 0 Å². The van der Waals surface area contributed by atoms with Gasteiger partial charge in [-0.2, -0.15) is 0 Å². The summed E-state index contributed by atoms with van der Waals surface area (Å²) in [6.07, 6.45) is 9.11. The Kier molecular flexibility index (Phi) is 6.90. The van der Waals surface area contributed by atoms with Crippen LogP contribution in [0.2, 0.25) is 0 Å². The van der Waals surface area contributed by atoms with Crippen molar-refractivity contribution >= 4 is 17.1 Å². The summed E-state index contributed by atoms with van der Waals surface area (Å²) in [7, 11) is 4.22. The molecule has 0 saturated heterocycles. The molecule has 3 heteroatoms. The van der Waals surface area contributed by atoms with Crippen molar-refractivity contribution in [3.05, 3.63) is 87.8 Å². The van der Waals surface area contributed by atoms with Gasteiger partial charge in [-0.1, -0.05) is 59.8 Å². The van der Waals surface area contributed by atoms with Crippen molar-refractivity contribution in [1.82, 2.24) is 4.90 Å². The van der Waals surface area contributed by atoms with Crippen molar-refractivity contribution in [2.45, 2.75) is 73.1 Å². The van der Waals surface area contributed by atoms with E-state index < -0.39 is 0 Å². The summed E-state index contributed by atoms with van der Waals surface area (Å²) in [6, 6.07) is 9.51. The maximum atomic E-state index is 2.50. The summed E-state index contributed by atoms with van der Waals surface area (Å²) < 4.78 is 0. The molecule has 0 fully saturated rings. The van der Waals surface area contributed by atoms with E-state index in [1.165, 1.54) is 56.1 Å². The molecule has 0 amide bonds. The smallest absolute Gasteiger partial charge is 0.0995 e. The van der Waals surface area contributed by atoms with Crippen molar-refractivity contribution in [2.24, 2.45) is 0 Å². The molecule has 0 unspecified atom stereocenters. The third kappa shape index (κ3) is 4.66. The minimum Gasteiger partial charge on any atom is -0.378 e. The molecule has 0 aliphatic carbocycles. The molecule has 0 N–H and O–H groups in total. The Morgan fingerprint density at radius 2 is 1.37 bits per heavy atom. The minimum absolute atomic E-state index is 0.460. The number of benzene rings is 2. The number of rotatable bonds is 6. The lowest BCUT2D eigenvalue weighted by Crippen LogP contribution is -2.28. The lowest BCUT2D eigenvalue weighted by molar-refractivity contribution is 0.541. The molecule has 2 heterocycles. The highest BCUT2D eigenvalue weighted by molar-refractivity contribution is 5.78. The predicted octanol–water partition coefficient (Wildman–Crippen LogP) is 8.27. The van der Waals surface area contributed by atoms with Crippen molar-refractivity contribution in [2.75, 3.05) is 30.6 Å². The molecule has 0 aromatic heterocycles. The highest BCUT2D eigenvalue weighted by Crippen LogP contribution is 2.42. The zero-order valence-corrected chi connectivity index (χ0v) is 23.4. The number of nitrogens with zero attached hydrogens (tertiary/aromatic N) is 3. The lowest BCUT2D eigenvalue weighted by Gasteiger charge is -2.33. The molecule has 4 rings (SSSR count). The van der Waals surface area contributed by atoms with Crippen LogP contribution in [-0.4, -0.2) is 25.7 Å². The Labute approximate surface area is 213 Å². The van der Waals surface area contributed by atoms with Gasteiger partial charge in [-0.05, 0) is 83.7 Å². The van der Waals surface area contributed by atoms with Crippen molar-refractivity contribution in [3.63, 3.8) is 0 Å². The summed E-state index contributed by atoms with van der Waals surface area (Å²) in [5, 5.41) is 0. The van der Waals surface area contributed by atoms with Gasteiger partial charge in [0.05, 0.1) is 18.1 Å². The van der Waals surface area contributed by atoms with E-state index in [9.17, 15) is 0 Å². The average molecular weight is 470 g/mol. The predicted molar refractivity (Wildman–Crippen MR) is 153 cm³/mol. The van der Waals surface area contributed by atoms with E-state index in [2.05, 4.69) is 133 Å². The van der Waals surface area contributed by atoms with Gasteiger partial charge in [0.25, 0.3) is 0 Å². The quantitative estimate of drug-likeness (QED) is 0.421. The van der Waals surface area contributed by atoms with E-state index in [1.54, 1.807) is 0 Å². The topological polar surface area (TPSA) is 9.72 Å². The Morgan fingerprint density at radius 1 is 0.800 bits per heavy atom. The first-order valence-corrected chi connectivity index (χ1v) is 13.1. The van der Waals surface area contributed by atoms with E-state index in [0.717, 1.165) is 6.67 Å². The summed E-state index contributed by atoms with van der Waals surface area (Å²) in [6.45, 7) is 19.2. The van der Waals surface area contributed by atoms with Crippen LogP contribution in [0.15, 0.2) is 54.4 Å². The van der Waals surface area contributed by atoms with Gasteiger partial charge in [-0.3, -0.25) is 0 Å². The third-order valence-electron chi connectivity index (χ3n) is 7.37. The molecule has 0 bridgehead atoms. The Hall–Kier alpha value is -2.94. The Morgan fingerprint density at radius 3 is 1.86 bits per heavy atom. The van der Waals surface area contributed by atoms with Crippen LogP contribution in [0.5, 0.6) is 0 Å². The molecule has 35 heavy (non-hydrogen) atoms. The standard InChI is InChI=1S/C32H43N3/c1-20(2)25-16-28(21(3)4)31(29(17-25)22(5)6)30-13-11-12-26-18-34(19-35(26)30)32-23(7)14-27(33(9)10)15-24(32)8/h11-18,20-22H,19H2,1-10H3. The van der Waals surface area contributed by atoms with E-state index in [4.69, 9.17) is 0 Å². The van der Waals surface area contributed by atoms with Crippen LogP contribution in [-0.2, 0) is 0 Å². The largest absolute Gasteiger partial charge is 0.378 e. The molecule has 3 nitrogen and oxygen atoms in total. The average Bonchev–Trinajstić information content (AvgIpc) is 3.21. The maximum Gasteiger partial charge on any atom is 0.0995 e. The Bertz CT molecular complexity index is 1160. The Balaban J connectivity index is 1.80. The van der Waals surface area contributed by atoms with Crippen molar-refractivity contribution in [1.29, 1.82) is 0 Å². The molecule has 0 radical (unpaired) electrons. The van der Waals surface area contributed by atoms with Gasteiger partial charge in [0.2, 0.25) is 0 Å². The first kappa shape index (κ1) is 25.2. The fraction of sp³-hybridized carbons (Fsp3) is 0.438. The van der Waals surface area contributed by atoms with Crippen LogP contribution in [0.4, 0.5) is 11.4 Å². The normalized spacial score (nSPS) is 15.3. The molecule has 0 atom stereocenters. The molecule has 2 aliphatic rings. The van der Waals surface area contributed by atoms with Crippen molar-refractivity contribution in [3.8, 4) is 0 Å². The van der Waals surface area contributed by atoms with Gasteiger partial charge < -0.3 is 14.7 Å². The highest BCUT2D eigenvalue weighted by Gasteiger charge is 2.30. The third-order valence-corrected chi connectivity index (χ3v) is 7.37. The molecule has 2 aliphatic heterocycles. The second kappa shape index (κ2) is 9.60. The summed E-state index contributed by atoms with van der Waals surface area (Å²) in [4.78, 5) is 7.11. The van der Waals surface area contributed by atoms with Gasteiger partial charge in [0, 0.05) is 37.2 Å². The van der Waals surface area contributed by atoms with Crippen LogP contribution in [0.1, 0.15) is 92.7 Å². The van der Waals surface area contributed by atoms with Gasteiger partial charge in [-0.15, -0.1) is 0 Å². The van der Waals surface area contributed by atoms with Crippen LogP contribution < -0.4 is 9.80 Å². The lowest BCUT2D eigenvalue weighted by atomic mass is 9.82. The van der Waals surface area contributed by atoms with Gasteiger partial charge in [0.15, 0.2) is 0 Å². The zero-order valence-electron chi connectivity index (χ0n) is 23.4. The maximum absolute atomic E-state index is 2.50. The number of fused-ring (bicyclic) bond motifs is 1. The zero-order chi connectivity index (χ0) is 25.6. The van der Waals surface area contributed by atoms with E-state index in [-0.39, 0.29) is 0 Å². The fourth-order valence-electron chi connectivity index (χ4n) is 5.43. The van der Waals surface area contributed by atoms with E-state index in [1.807, 2.05) is 0 Å². The van der Waals surface area contributed by atoms with Gasteiger partial charge >= 0.3 is 0 Å². The monoisotopic (exact) mass is 469 g/mol. The van der Waals surface area contributed by atoms with Crippen molar-refractivity contribution < 1.29 is 0 Å². The van der Waals surface area contributed by atoms with Crippen LogP contribution in [0, 0.1) is 13.8 Å². The summed E-state index contributed by atoms with van der Waals surface area (Å²) in [5.74, 6) is 1.44. The molecular weight excluding hydrogens is 426 g/mol. The van der Waals surface area contributed by atoms with E-state index >= 15 is 0 Å². The van der Waals surface area contributed by atoms with Crippen LogP contribution in [0.25, 0.3) is 5.70 Å². The van der Waals surface area contributed by atoms with Crippen LogP contribution >= 0.6 is 0 Å². The van der Waals surface area contributed by atoms with E-state index in [0.29, 0.717) is 17.8 Å². The first-order valence-electron chi connectivity index (χ1n) is 13.1. The first-order chi connectivity index (χ1) is 16.5. The number of anilines is 2. The number of aryl methyl sites for hydroxylation is 2. The molecule has 2 aromatic carbocycles. The second-order valence-electron chi connectivity index (χ2n) is 11.4. The number of hydrogen-bond donors (Lipinski definition) is 0. The second-order valence-corrected chi connectivity index (χ2v) is 11.4. The minimum atomic E-state index is 0.460. The summed E-state index contributed by atoms with van der Waals surface area (Å²) in [5.41, 5.74) is 13.6. The fourth-order valence-corrected chi connectivity index (χ4v) is 5.43. The van der Waals surface area contributed by atoms with Gasteiger partial charge in [0.1, 0.15) is 0 Å². The molecular formula is C32H43N3. The molecule has 186 valence electrons. The molecule has 0 saturated carbocycles. The molecule has 2 aromatic rings. The number of allylic oxidation sites excluding steroid dienone is 3.